The quantitative estimate of drug-likeness (QED) is 0.387. The van der Waals surface area contributed by atoms with Crippen LogP contribution in [0.5, 0.6) is 17.2 Å². The lowest BCUT2D eigenvalue weighted by Crippen LogP contribution is -2.28. The maximum absolute atomic E-state index is 12.2. The summed E-state index contributed by atoms with van der Waals surface area (Å²) in [5.41, 5.74) is -7.16. The van der Waals surface area contributed by atoms with E-state index in [-0.39, 0.29) is 0 Å². The first kappa shape index (κ1) is 15.8. The van der Waals surface area contributed by atoms with E-state index in [2.05, 4.69) is 8.92 Å². The van der Waals surface area contributed by atoms with Crippen LogP contribution in [0.4, 0.5) is 18.9 Å². The number of hydrogen-bond acceptors (Lipinski definition) is 7. The minimum Gasteiger partial charge on any atom is -0.502 e. The average molecular weight is 317 g/mol. The zero-order chi connectivity index (χ0) is 15.7. The minimum atomic E-state index is -6.15. The molecule has 1 N–H and O–H groups in total. The van der Waals surface area contributed by atoms with Gasteiger partial charge in [0.25, 0.3) is 5.75 Å². The Bertz CT molecular complexity index is 640. The van der Waals surface area contributed by atoms with Crippen molar-refractivity contribution < 1.29 is 40.5 Å². The second kappa shape index (κ2) is 5.03. The van der Waals surface area contributed by atoms with Gasteiger partial charge in [-0.25, -0.2) is 0 Å². The van der Waals surface area contributed by atoms with E-state index in [1.807, 2.05) is 0 Å². The van der Waals surface area contributed by atoms with Crippen molar-refractivity contribution in [1.29, 1.82) is 0 Å². The number of phenolic OH excluding ortho intramolecular Hbond substituents is 1. The fourth-order valence-electron chi connectivity index (χ4n) is 1.12. The van der Waals surface area contributed by atoms with Gasteiger partial charge in [0.15, 0.2) is 11.5 Å². The second-order valence-corrected chi connectivity index (χ2v) is 4.74. The highest BCUT2D eigenvalue weighted by atomic mass is 32.2. The number of nitro groups is 1. The topological polar surface area (TPSA) is 116 Å². The number of nitrogens with zero attached hydrogens (tertiary/aromatic N) is 1. The molecule has 0 heterocycles. The Hall–Kier alpha value is -2.24. The molecule has 8 nitrogen and oxygen atoms in total. The number of alkyl halides is 3. The molecule has 0 atom stereocenters. The van der Waals surface area contributed by atoms with Gasteiger partial charge < -0.3 is 14.0 Å². The van der Waals surface area contributed by atoms with Crippen LogP contribution in [-0.2, 0) is 10.1 Å². The SMILES string of the molecule is COc1ccc(O)c([N+](=O)[O-])c1OS(=O)(=O)C(F)(F)F. The first-order chi connectivity index (χ1) is 9.01. The van der Waals surface area contributed by atoms with Crippen LogP contribution < -0.4 is 8.92 Å². The number of hydrogen-bond donors (Lipinski definition) is 1. The van der Waals surface area contributed by atoms with E-state index in [0.717, 1.165) is 19.2 Å². The highest BCUT2D eigenvalue weighted by Gasteiger charge is 2.50. The molecular weight excluding hydrogens is 311 g/mol. The Morgan fingerprint density at radius 1 is 1.35 bits per heavy atom. The molecular formula is C8H6F3NO7S. The Morgan fingerprint density at radius 2 is 1.90 bits per heavy atom. The Kier molecular flexibility index (Phi) is 3.98. The van der Waals surface area contributed by atoms with Crippen molar-refractivity contribution in [2.75, 3.05) is 7.11 Å². The van der Waals surface area contributed by atoms with E-state index in [9.17, 15) is 36.8 Å². The lowest BCUT2D eigenvalue weighted by molar-refractivity contribution is -0.386. The molecule has 0 saturated heterocycles. The van der Waals surface area contributed by atoms with Gasteiger partial charge in [0.05, 0.1) is 12.0 Å². The summed E-state index contributed by atoms with van der Waals surface area (Å²) in [5.74, 6) is -3.11. The summed E-state index contributed by atoms with van der Waals surface area (Å²) in [6.07, 6.45) is 0. The number of nitro benzene ring substituents is 1. The van der Waals surface area contributed by atoms with Crippen LogP contribution in [0, 0.1) is 10.1 Å². The van der Waals surface area contributed by atoms with Gasteiger partial charge in [-0.3, -0.25) is 10.1 Å². The Morgan fingerprint density at radius 3 is 2.30 bits per heavy atom. The number of rotatable bonds is 4. The molecule has 0 unspecified atom stereocenters. The van der Waals surface area contributed by atoms with Crippen molar-refractivity contribution in [3.8, 4) is 17.2 Å². The van der Waals surface area contributed by atoms with E-state index in [1.165, 1.54) is 0 Å². The predicted molar refractivity (Wildman–Crippen MR) is 56.9 cm³/mol. The van der Waals surface area contributed by atoms with Gasteiger partial charge in [-0.05, 0) is 12.1 Å². The molecule has 20 heavy (non-hydrogen) atoms. The van der Waals surface area contributed by atoms with Crippen molar-refractivity contribution in [1.82, 2.24) is 0 Å². The van der Waals surface area contributed by atoms with Gasteiger partial charge in [0.2, 0.25) is 0 Å². The third-order valence-electron chi connectivity index (χ3n) is 1.95. The standard InChI is InChI=1S/C8H6F3NO7S/c1-18-5-3-2-4(13)6(12(14)15)7(5)19-20(16,17)8(9,10)11/h2-3,13H,1H3. The number of phenols is 1. The molecule has 0 spiro atoms. The lowest BCUT2D eigenvalue weighted by Gasteiger charge is -2.12. The van der Waals surface area contributed by atoms with Gasteiger partial charge >= 0.3 is 21.3 Å². The molecule has 0 aliphatic carbocycles. The van der Waals surface area contributed by atoms with Crippen LogP contribution in [0.25, 0.3) is 0 Å². The predicted octanol–water partition coefficient (Wildman–Crippen LogP) is 1.54. The normalized spacial score (nSPS) is 12.0. The summed E-state index contributed by atoms with van der Waals surface area (Å²) in [7, 11) is -5.23. The smallest absolute Gasteiger partial charge is 0.502 e. The number of ether oxygens (including phenoxy) is 1. The summed E-state index contributed by atoms with van der Waals surface area (Å²) < 4.78 is 66.5. The van der Waals surface area contributed by atoms with Crippen molar-refractivity contribution in [2.24, 2.45) is 0 Å². The maximum atomic E-state index is 12.2. The summed E-state index contributed by atoms with van der Waals surface area (Å²) in [6, 6.07) is 1.55. The zero-order valence-corrected chi connectivity index (χ0v) is 10.4. The third-order valence-corrected chi connectivity index (χ3v) is 2.91. The monoisotopic (exact) mass is 317 g/mol. The lowest BCUT2D eigenvalue weighted by atomic mass is 10.2. The summed E-state index contributed by atoms with van der Waals surface area (Å²) >= 11 is 0. The fourth-order valence-corrected chi connectivity index (χ4v) is 1.59. The number of halogens is 3. The van der Waals surface area contributed by atoms with E-state index in [1.54, 1.807) is 0 Å². The molecule has 0 bridgehead atoms. The molecule has 0 aliphatic rings. The Balaban J connectivity index is 3.52. The molecule has 1 aromatic carbocycles. The summed E-state index contributed by atoms with van der Waals surface area (Å²) in [6.45, 7) is 0. The molecule has 0 saturated carbocycles. The molecule has 0 fully saturated rings. The van der Waals surface area contributed by atoms with E-state index in [4.69, 9.17) is 0 Å². The number of aromatic hydroxyl groups is 1. The van der Waals surface area contributed by atoms with Crippen LogP contribution >= 0.6 is 0 Å². The van der Waals surface area contributed by atoms with Crippen molar-refractivity contribution in [2.45, 2.75) is 5.51 Å². The minimum absolute atomic E-state index is 0.665. The second-order valence-electron chi connectivity index (χ2n) is 3.20. The van der Waals surface area contributed by atoms with Crippen LogP contribution in [0.1, 0.15) is 0 Å². The first-order valence-corrected chi connectivity index (χ1v) is 5.97. The van der Waals surface area contributed by atoms with Crippen molar-refractivity contribution in [3.63, 3.8) is 0 Å². The van der Waals surface area contributed by atoms with Gasteiger partial charge in [-0.1, -0.05) is 0 Å². The largest absolute Gasteiger partial charge is 0.534 e. The van der Waals surface area contributed by atoms with Crippen molar-refractivity contribution in [3.05, 3.63) is 22.2 Å². The highest BCUT2D eigenvalue weighted by Crippen LogP contribution is 2.45. The molecule has 0 aliphatic heterocycles. The number of benzene rings is 1. The fraction of sp³-hybridized carbons (Fsp3) is 0.250. The van der Waals surface area contributed by atoms with E-state index >= 15 is 0 Å². The van der Waals surface area contributed by atoms with Crippen LogP contribution in [0.2, 0.25) is 0 Å². The first-order valence-electron chi connectivity index (χ1n) is 4.56. The molecule has 112 valence electrons. The maximum Gasteiger partial charge on any atom is 0.534 e. The van der Waals surface area contributed by atoms with Crippen LogP contribution in [0.3, 0.4) is 0 Å². The molecule has 0 radical (unpaired) electrons. The molecule has 0 aromatic heterocycles. The van der Waals surface area contributed by atoms with Gasteiger partial charge in [-0.15, -0.1) is 0 Å². The molecule has 12 heteroatoms. The van der Waals surface area contributed by atoms with Crippen LogP contribution in [-0.4, -0.2) is 31.1 Å². The van der Waals surface area contributed by atoms with E-state index in [0.29, 0.717) is 0 Å². The molecule has 0 amide bonds. The summed E-state index contributed by atoms with van der Waals surface area (Å²) in [4.78, 5) is 9.37. The third kappa shape index (κ3) is 2.84. The highest BCUT2D eigenvalue weighted by molar-refractivity contribution is 7.88. The molecule has 1 rings (SSSR count). The summed E-state index contributed by atoms with van der Waals surface area (Å²) in [5, 5.41) is 19.9. The van der Waals surface area contributed by atoms with E-state index < -0.39 is 43.5 Å². The van der Waals surface area contributed by atoms with Gasteiger partial charge in [0.1, 0.15) is 0 Å². The van der Waals surface area contributed by atoms with Gasteiger partial charge in [0, 0.05) is 0 Å². The van der Waals surface area contributed by atoms with Crippen LogP contribution in [0.15, 0.2) is 12.1 Å². The molecule has 1 aromatic rings. The van der Waals surface area contributed by atoms with Crippen molar-refractivity contribution >= 4 is 15.8 Å². The number of methoxy groups -OCH3 is 1. The Labute approximate surface area is 109 Å². The van der Waals surface area contributed by atoms with Gasteiger partial charge in [-0.2, -0.15) is 21.6 Å². The average Bonchev–Trinajstić information content (AvgIpc) is 2.26. The zero-order valence-electron chi connectivity index (χ0n) is 9.54.